The molecule has 0 saturated heterocycles. The Labute approximate surface area is 161 Å². The molecule has 4 nitrogen and oxygen atoms in total. The number of benzene rings is 2. The molecule has 0 N–H and O–H groups in total. The number of ether oxygens (including phenoxy) is 2. The second-order valence-electron chi connectivity index (χ2n) is 6.10. The van der Waals surface area contributed by atoms with E-state index in [1.807, 2.05) is 56.3 Å². The van der Waals surface area contributed by atoms with E-state index in [0.29, 0.717) is 31.1 Å². The number of anilines is 2. The van der Waals surface area contributed by atoms with Crippen LogP contribution in [0.25, 0.3) is 0 Å². The van der Waals surface area contributed by atoms with Crippen LogP contribution < -0.4 is 9.64 Å². The molecule has 27 heavy (non-hydrogen) atoms. The second kappa shape index (κ2) is 9.62. The highest BCUT2D eigenvalue weighted by Crippen LogP contribution is 2.40. The maximum Gasteiger partial charge on any atom is 0.338 e. The van der Waals surface area contributed by atoms with Crippen LogP contribution in [0.2, 0.25) is 0 Å². The normalized spacial score (nSPS) is 10.2. The molecule has 0 aliphatic carbocycles. The van der Waals surface area contributed by atoms with Crippen LogP contribution >= 0.6 is 0 Å². The molecule has 0 saturated carbocycles. The van der Waals surface area contributed by atoms with Crippen LogP contribution in [0.3, 0.4) is 0 Å². The first-order valence-electron chi connectivity index (χ1n) is 9.03. The molecule has 0 atom stereocenters. The standard InChI is InChI=1S/C23H27NO3/c1-6-14-24(19-12-10-9-11-13-19)22-18(5)21(23(25)26-8-3)17(4)16-20(22)27-15-7-2/h6-7,9-13,16H,1-2,8,14-15H2,3-5H3. The summed E-state index contributed by atoms with van der Waals surface area (Å²) in [6.07, 6.45) is 3.53. The van der Waals surface area contributed by atoms with Gasteiger partial charge in [0.2, 0.25) is 0 Å². The molecule has 0 heterocycles. The highest BCUT2D eigenvalue weighted by atomic mass is 16.5. The highest BCUT2D eigenvalue weighted by molar-refractivity contribution is 5.96. The van der Waals surface area contributed by atoms with Gasteiger partial charge in [-0.3, -0.25) is 0 Å². The van der Waals surface area contributed by atoms with E-state index >= 15 is 0 Å². The molecule has 0 aromatic heterocycles. The summed E-state index contributed by atoms with van der Waals surface area (Å²) in [4.78, 5) is 14.6. The van der Waals surface area contributed by atoms with Gasteiger partial charge in [0.05, 0.1) is 17.9 Å². The second-order valence-corrected chi connectivity index (χ2v) is 6.10. The van der Waals surface area contributed by atoms with Gasteiger partial charge in [-0.15, -0.1) is 6.58 Å². The smallest absolute Gasteiger partial charge is 0.338 e. The quantitative estimate of drug-likeness (QED) is 0.442. The van der Waals surface area contributed by atoms with Crippen LogP contribution in [-0.2, 0) is 4.74 Å². The van der Waals surface area contributed by atoms with E-state index in [4.69, 9.17) is 9.47 Å². The minimum atomic E-state index is -0.323. The largest absolute Gasteiger partial charge is 0.487 e. The van der Waals surface area contributed by atoms with E-state index in [1.54, 1.807) is 13.0 Å². The minimum absolute atomic E-state index is 0.323. The van der Waals surface area contributed by atoms with E-state index in [9.17, 15) is 4.79 Å². The van der Waals surface area contributed by atoms with Gasteiger partial charge < -0.3 is 14.4 Å². The monoisotopic (exact) mass is 365 g/mol. The van der Waals surface area contributed by atoms with Gasteiger partial charge >= 0.3 is 5.97 Å². The molecule has 0 spiro atoms. The fourth-order valence-corrected chi connectivity index (χ4v) is 3.11. The first-order chi connectivity index (χ1) is 13.0. The van der Waals surface area contributed by atoms with Crippen molar-refractivity contribution in [3.05, 3.63) is 78.4 Å². The molecule has 0 bridgehead atoms. The van der Waals surface area contributed by atoms with Gasteiger partial charge in [0.1, 0.15) is 12.4 Å². The molecule has 2 rings (SSSR count). The molecule has 0 amide bonds. The zero-order valence-electron chi connectivity index (χ0n) is 16.3. The Hall–Kier alpha value is -3.01. The van der Waals surface area contributed by atoms with Gasteiger partial charge in [0.25, 0.3) is 0 Å². The summed E-state index contributed by atoms with van der Waals surface area (Å²) < 4.78 is 11.2. The van der Waals surface area contributed by atoms with E-state index in [1.165, 1.54) is 0 Å². The topological polar surface area (TPSA) is 38.8 Å². The van der Waals surface area contributed by atoms with Crippen molar-refractivity contribution >= 4 is 17.3 Å². The Bertz CT molecular complexity index is 812. The van der Waals surface area contributed by atoms with Crippen molar-refractivity contribution in [2.45, 2.75) is 20.8 Å². The molecule has 4 heteroatoms. The number of aryl methyl sites for hydroxylation is 1. The summed E-state index contributed by atoms with van der Waals surface area (Å²) in [6.45, 7) is 14.5. The third-order valence-corrected chi connectivity index (χ3v) is 4.19. The predicted octanol–water partition coefficient (Wildman–Crippen LogP) is 5.37. The third kappa shape index (κ3) is 4.59. The van der Waals surface area contributed by atoms with E-state index in [0.717, 1.165) is 22.5 Å². The SMILES string of the molecule is C=CCOc1cc(C)c(C(=O)OCC)c(C)c1N(CC=C)c1ccccc1. The number of carbonyl (C=O) groups excluding carboxylic acids is 1. The molecule has 0 aliphatic heterocycles. The van der Waals surface area contributed by atoms with Crippen molar-refractivity contribution in [2.24, 2.45) is 0 Å². The Balaban J connectivity index is 2.71. The summed E-state index contributed by atoms with van der Waals surface area (Å²) in [5.41, 5.74) is 4.03. The predicted molar refractivity (Wildman–Crippen MR) is 111 cm³/mol. The third-order valence-electron chi connectivity index (χ3n) is 4.19. The maximum atomic E-state index is 12.6. The van der Waals surface area contributed by atoms with Crippen LogP contribution in [0.15, 0.2) is 61.7 Å². The van der Waals surface area contributed by atoms with Gasteiger partial charge in [-0.25, -0.2) is 4.79 Å². The van der Waals surface area contributed by atoms with Crippen LogP contribution in [0.4, 0.5) is 11.4 Å². The molecule has 0 aliphatic rings. The number of esters is 1. The van der Waals surface area contributed by atoms with E-state index in [-0.39, 0.29) is 5.97 Å². The van der Waals surface area contributed by atoms with Crippen molar-refractivity contribution in [2.75, 3.05) is 24.7 Å². The van der Waals surface area contributed by atoms with Crippen LogP contribution in [-0.4, -0.2) is 25.7 Å². The average molecular weight is 365 g/mol. The lowest BCUT2D eigenvalue weighted by atomic mass is 9.98. The van der Waals surface area contributed by atoms with Gasteiger partial charge in [-0.05, 0) is 50.1 Å². The lowest BCUT2D eigenvalue weighted by molar-refractivity contribution is 0.0524. The number of nitrogens with zero attached hydrogens (tertiary/aromatic N) is 1. The number of carbonyl (C=O) groups is 1. The summed E-state index contributed by atoms with van der Waals surface area (Å²) >= 11 is 0. The number of para-hydroxylation sites is 1. The summed E-state index contributed by atoms with van der Waals surface area (Å²) in [5, 5.41) is 0. The molecule has 0 fully saturated rings. The Morgan fingerprint density at radius 1 is 1.15 bits per heavy atom. The first kappa shape index (κ1) is 20.3. The number of rotatable bonds is 9. The van der Waals surface area contributed by atoms with Crippen molar-refractivity contribution in [3.63, 3.8) is 0 Å². The summed E-state index contributed by atoms with van der Waals surface area (Å²) in [5.74, 6) is 0.374. The van der Waals surface area contributed by atoms with Crippen LogP contribution in [0.1, 0.15) is 28.4 Å². The molecule has 2 aromatic carbocycles. The summed E-state index contributed by atoms with van der Waals surface area (Å²) in [6, 6.07) is 11.8. The maximum absolute atomic E-state index is 12.6. The molecule has 0 unspecified atom stereocenters. The minimum Gasteiger partial charge on any atom is -0.487 e. The van der Waals surface area contributed by atoms with Crippen molar-refractivity contribution < 1.29 is 14.3 Å². The fourth-order valence-electron chi connectivity index (χ4n) is 3.11. The average Bonchev–Trinajstić information content (AvgIpc) is 2.66. The molecular formula is C23H27NO3. The molecule has 0 radical (unpaired) electrons. The van der Waals surface area contributed by atoms with Crippen molar-refractivity contribution in [1.29, 1.82) is 0 Å². The molecular weight excluding hydrogens is 338 g/mol. The Kier molecular flexibility index (Phi) is 7.24. The first-order valence-corrected chi connectivity index (χ1v) is 9.03. The van der Waals surface area contributed by atoms with Gasteiger partial charge in [0.15, 0.2) is 0 Å². The van der Waals surface area contributed by atoms with Crippen LogP contribution in [0, 0.1) is 13.8 Å². The Morgan fingerprint density at radius 3 is 2.44 bits per heavy atom. The van der Waals surface area contributed by atoms with E-state index < -0.39 is 0 Å². The lowest BCUT2D eigenvalue weighted by Gasteiger charge is -2.29. The fraction of sp³-hybridized carbons (Fsp3) is 0.261. The summed E-state index contributed by atoms with van der Waals surface area (Å²) in [7, 11) is 0. The highest BCUT2D eigenvalue weighted by Gasteiger charge is 2.24. The molecule has 142 valence electrons. The number of hydrogen-bond acceptors (Lipinski definition) is 4. The zero-order valence-corrected chi connectivity index (χ0v) is 16.3. The van der Waals surface area contributed by atoms with Crippen molar-refractivity contribution in [3.8, 4) is 5.75 Å². The lowest BCUT2D eigenvalue weighted by Crippen LogP contribution is -2.21. The molecule has 2 aromatic rings. The van der Waals surface area contributed by atoms with Gasteiger partial charge in [-0.1, -0.05) is 36.9 Å². The number of hydrogen-bond donors (Lipinski definition) is 0. The van der Waals surface area contributed by atoms with E-state index in [2.05, 4.69) is 18.1 Å². The van der Waals surface area contributed by atoms with Gasteiger partial charge in [-0.2, -0.15) is 0 Å². The Morgan fingerprint density at radius 2 is 1.85 bits per heavy atom. The van der Waals surface area contributed by atoms with Crippen LogP contribution in [0.5, 0.6) is 5.75 Å². The van der Waals surface area contributed by atoms with Crippen molar-refractivity contribution in [1.82, 2.24) is 0 Å². The van der Waals surface area contributed by atoms with Gasteiger partial charge in [0, 0.05) is 12.2 Å². The zero-order chi connectivity index (χ0) is 19.8.